The summed E-state index contributed by atoms with van der Waals surface area (Å²) in [6, 6.07) is 28.0. The highest BCUT2D eigenvalue weighted by atomic mass is 19.1. The van der Waals surface area contributed by atoms with E-state index in [9.17, 15) is 19.2 Å². The average Bonchev–Trinajstić information content (AvgIpc) is 3.41. The fourth-order valence-corrected chi connectivity index (χ4v) is 5.52. The number of hydrogen-bond donors (Lipinski definition) is 3. The molecule has 0 bridgehead atoms. The van der Waals surface area contributed by atoms with Gasteiger partial charge in [0.1, 0.15) is 23.2 Å². The van der Waals surface area contributed by atoms with Crippen LogP contribution in [0.2, 0.25) is 0 Å². The third-order valence-corrected chi connectivity index (χ3v) is 8.05. The lowest BCUT2D eigenvalue weighted by Gasteiger charge is -2.18. The molecule has 1 atom stereocenters. The number of amides is 1. The van der Waals surface area contributed by atoms with Gasteiger partial charge in [-0.05, 0) is 75.5 Å². The summed E-state index contributed by atoms with van der Waals surface area (Å²) in [6.45, 7) is 3.47. The number of nitrogens with one attached hydrogen (secondary N) is 2. The number of carbonyl (C=O) groups excluding carboxylic acids is 2. The molecule has 0 spiro atoms. The second-order valence-electron chi connectivity index (χ2n) is 11.9. The molecule has 0 radical (unpaired) electrons. The number of fused-ring (bicyclic) bond motifs is 1. The van der Waals surface area contributed by atoms with E-state index in [1.807, 2.05) is 0 Å². The van der Waals surface area contributed by atoms with Gasteiger partial charge in [0.25, 0.3) is 11.5 Å². The number of carboxylic acid groups (broad SMARTS) is 1. The van der Waals surface area contributed by atoms with Crippen molar-refractivity contribution in [1.29, 1.82) is 0 Å². The number of esters is 1. The number of methoxy groups -OCH3 is 1. The first-order chi connectivity index (χ1) is 26.0. The molecule has 2 heterocycles. The average molecular weight is 736 g/mol. The number of halogens is 1. The van der Waals surface area contributed by atoms with E-state index in [2.05, 4.69) is 15.6 Å². The molecule has 0 unspecified atom stereocenters. The highest BCUT2D eigenvalue weighted by Gasteiger charge is 2.26. The number of carboxylic acids is 1. The minimum atomic E-state index is -0.879. The summed E-state index contributed by atoms with van der Waals surface area (Å²) in [4.78, 5) is 53.7. The van der Waals surface area contributed by atoms with Crippen molar-refractivity contribution >= 4 is 34.4 Å². The van der Waals surface area contributed by atoms with Crippen LogP contribution in [0.3, 0.4) is 0 Å². The number of likely N-dealkylation sites (N-methyl/N-ethyl adjacent to an activating group) is 1. The summed E-state index contributed by atoms with van der Waals surface area (Å²) in [5, 5.41) is 14.4. The second-order valence-corrected chi connectivity index (χ2v) is 11.9. The van der Waals surface area contributed by atoms with Crippen molar-refractivity contribution in [1.82, 2.24) is 19.7 Å². The van der Waals surface area contributed by atoms with Crippen LogP contribution in [0, 0.1) is 12.7 Å². The Morgan fingerprint density at radius 2 is 1.63 bits per heavy atom. The van der Waals surface area contributed by atoms with Crippen LogP contribution >= 0.6 is 0 Å². The summed E-state index contributed by atoms with van der Waals surface area (Å²) >= 11 is 0. The summed E-state index contributed by atoms with van der Waals surface area (Å²) in [7, 11) is 3.19. The maximum absolute atomic E-state index is 15.2. The van der Waals surface area contributed by atoms with Crippen molar-refractivity contribution in [2.24, 2.45) is 0 Å². The summed E-state index contributed by atoms with van der Waals surface area (Å²) < 4.78 is 34.7. The Morgan fingerprint density at radius 1 is 0.926 bits per heavy atom. The van der Waals surface area contributed by atoms with Crippen molar-refractivity contribution in [2.45, 2.75) is 26.5 Å². The van der Waals surface area contributed by atoms with Crippen LogP contribution in [0.25, 0.3) is 16.6 Å². The number of aromatic nitrogens is 3. The van der Waals surface area contributed by atoms with E-state index < -0.39 is 35.3 Å². The van der Waals surface area contributed by atoms with Crippen LogP contribution < -0.4 is 25.7 Å². The Labute approximate surface area is 309 Å². The number of rotatable bonds is 12. The van der Waals surface area contributed by atoms with Crippen LogP contribution in [-0.4, -0.2) is 64.1 Å². The highest BCUT2D eigenvalue weighted by molar-refractivity contribution is 6.05. The Balaban J connectivity index is 0.000000546. The predicted octanol–water partition coefficient (Wildman–Crippen LogP) is 6.22. The predicted molar refractivity (Wildman–Crippen MR) is 200 cm³/mol. The molecule has 0 aliphatic rings. The van der Waals surface area contributed by atoms with Gasteiger partial charge in [0, 0.05) is 29.4 Å². The second kappa shape index (κ2) is 17.6. The first-order valence-electron chi connectivity index (χ1n) is 16.7. The number of hydrogen-bond acceptors (Lipinski definition) is 9. The van der Waals surface area contributed by atoms with E-state index in [0.29, 0.717) is 39.3 Å². The lowest BCUT2D eigenvalue weighted by molar-refractivity contribution is -0.147. The zero-order valence-corrected chi connectivity index (χ0v) is 29.9. The van der Waals surface area contributed by atoms with Crippen molar-refractivity contribution in [3.05, 3.63) is 142 Å². The van der Waals surface area contributed by atoms with Crippen molar-refractivity contribution in [3.8, 4) is 22.9 Å². The molecular formula is C40H38FN5O8. The maximum atomic E-state index is 15.2. The van der Waals surface area contributed by atoms with Gasteiger partial charge < -0.3 is 30.0 Å². The van der Waals surface area contributed by atoms with Crippen molar-refractivity contribution in [2.75, 3.05) is 26.0 Å². The molecule has 6 aromatic rings. The molecule has 14 heteroatoms. The van der Waals surface area contributed by atoms with Gasteiger partial charge in [-0.1, -0.05) is 36.4 Å². The minimum Gasteiger partial charge on any atom is -0.497 e. The van der Waals surface area contributed by atoms with Crippen LogP contribution in [0.5, 0.6) is 17.2 Å². The number of aromatic carboxylic acids is 1. The van der Waals surface area contributed by atoms with Crippen LogP contribution in [0.1, 0.15) is 33.3 Å². The lowest BCUT2D eigenvalue weighted by Crippen LogP contribution is -2.30. The molecule has 0 aliphatic carbocycles. The molecule has 4 aromatic carbocycles. The Morgan fingerprint density at radius 3 is 2.26 bits per heavy atom. The molecule has 1 amide bonds. The fourth-order valence-electron chi connectivity index (χ4n) is 5.52. The van der Waals surface area contributed by atoms with E-state index in [4.69, 9.17) is 19.3 Å². The zero-order chi connectivity index (χ0) is 38.8. The van der Waals surface area contributed by atoms with Crippen molar-refractivity contribution < 1.29 is 38.1 Å². The Bertz CT molecular complexity index is 2330. The van der Waals surface area contributed by atoms with Crippen molar-refractivity contribution in [3.63, 3.8) is 0 Å². The molecule has 13 nitrogen and oxygen atoms in total. The Kier molecular flexibility index (Phi) is 12.5. The largest absolute Gasteiger partial charge is 0.497 e. The van der Waals surface area contributed by atoms with E-state index >= 15 is 4.39 Å². The number of anilines is 1. The minimum absolute atomic E-state index is 0.0307. The zero-order valence-electron chi connectivity index (χ0n) is 29.9. The van der Waals surface area contributed by atoms with Gasteiger partial charge in [0.05, 0.1) is 42.7 Å². The standard InChI is InChI=1S/C33H32FN5O6.C7H6O2/c1-20(44-30(40)18-35-3)19-38-21(2)31(33(42)39(38)23-8-6-5-7-9-23)32(41)37-22-10-13-29(26(34)16-22)45-28-14-15-36-27-17-24(43-4)11-12-25(27)28;8-7(9)6-4-2-1-3-5-6/h5-17,20,35H,18-19H2,1-4H3,(H,37,41);1-5H,(H,8,9)/t20-;/m1./s1. The van der Waals surface area contributed by atoms with E-state index in [1.54, 1.807) is 124 Å². The molecule has 6 rings (SSSR count). The molecule has 0 aliphatic heterocycles. The molecule has 278 valence electrons. The first kappa shape index (κ1) is 38.4. The summed E-state index contributed by atoms with van der Waals surface area (Å²) in [6.07, 6.45) is 0.941. The monoisotopic (exact) mass is 735 g/mol. The molecule has 0 saturated carbocycles. The van der Waals surface area contributed by atoms with Gasteiger partial charge >= 0.3 is 11.9 Å². The molecule has 2 aromatic heterocycles. The number of ether oxygens (including phenoxy) is 3. The molecule has 0 saturated heterocycles. The SMILES string of the molecule is CNCC(=O)O[C@H](C)Cn1c(C)c(C(=O)Nc2ccc(Oc3ccnc4cc(OC)ccc34)c(F)c2)c(=O)n1-c1ccccc1.O=C(O)c1ccccc1. The number of nitrogens with zero attached hydrogens (tertiary/aromatic N) is 3. The maximum Gasteiger partial charge on any atom is 0.335 e. The van der Waals surface area contributed by atoms with Crippen LogP contribution in [-0.2, 0) is 16.1 Å². The Hall–Kier alpha value is -6.80. The van der Waals surface area contributed by atoms with E-state index in [-0.39, 0.29) is 30.1 Å². The van der Waals surface area contributed by atoms with E-state index in [1.165, 1.54) is 16.8 Å². The van der Waals surface area contributed by atoms with Crippen LogP contribution in [0.15, 0.2) is 114 Å². The number of carbonyl (C=O) groups is 3. The van der Waals surface area contributed by atoms with Gasteiger partial charge in [-0.15, -0.1) is 0 Å². The normalized spacial score (nSPS) is 11.2. The highest BCUT2D eigenvalue weighted by Crippen LogP contribution is 2.33. The third-order valence-electron chi connectivity index (χ3n) is 8.05. The number of benzene rings is 4. The van der Waals surface area contributed by atoms with Crippen LogP contribution in [0.4, 0.5) is 10.1 Å². The molecule has 54 heavy (non-hydrogen) atoms. The fraction of sp³-hybridized carbons (Fsp3) is 0.175. The van der Waals surface area contributed by atoms with Gasteiger partial charge in [0.2, 0.25) is 0 Å². The smallest absolute Gasteiger partial charge is 0.335 e. The first-order valence-corrected chi connectivity index (χ1v) is 16.7. The third kappa shape index (κ3) is 9.16. The van der Waals surface area contributed by atoms with Gasteiger partial charge in [-0.2, -0.15) is 0 Å². The van der Waals surface area contributed by atoms with Gasteiger partial charge in [0.15, 0.2) is 11.6 Å². The topological polar surface area (TPSA) is 163 Å². The molecule has 3 N–H and O–H groups in total. The molecule has 0 fully saturated rings. The van der Waals surface area contributed by atoms with Gasteiger partial charge in [-0.3, -0.25) is 24.0 Å². The van der Waals surface area contributed by atoms with Gasteiger partial charge in [-0.25, -0.2) is 13.9 Å². The quantitative estimate of drug-likeness (QED) is 0.123. The lowest BCUT2D eigenvalue weighted by atomic mass is 10.2. The van der Waals surface area contributed by atoms with E-state index in [0.717, 1.165) is 6.07 Å². The molecular weight excluding hydrogens is 697 g/mol. The summed E-state index contributed by atoms with van der Waals surface area (Å²) in [5.41, 5.74) is 1.23. The summed E-state index contributed by atoms with van der Waals surface area (Å²) in [5.74, 6) is -1.82. The number of pyridine rings is 1. The number of para-hydroxylation sites is 1.